The van der Waals surface area contributed by atoms with Gasteiger partial charge in [0.15, 0.2) is 0 Å². The number of nitrogens with zero attached hydrogens (tertiary/aromatic N) is 1. The fourth-order valence-corrected chi connectivity index (χ4v) is 1.78. The first-order valence-electron chi connectivity index (χ1n) is 5.02. The highest BCUT2D eigenvalue weighted by molar-refractivity contribution is 6.30. The van der Waals surface area contributed by atoms with Gasteiger partial charge in [-0.1, -0.05) is 17.7 Å². The van der Waals surface area contributed by atoms with Gasteiger partial charge in [0.25, 0.3) is 0 Å². The van der Waals surface area contributed by atoms with Gasteiger partial charge in [-0.05, 0) is 38.7 Å². The third-order valence-electron chi connectivity index (χ3n) is 2.43. The van der Waals surface area contributed by atoms with E-state index in [0.29, 0.717) is 6.42 Å². The summed E-state index contributed by atoms with van der Waals surface area (Å²) in [5.41, 5.74) is 0.853. The van der Waals surface area contributed by atoms with Crippen LogP contribution in [0.3, 0.4) is 0 Å². The highest BCUT2D eigenvalue weighted by atomic mass is 35.5. The molecule has 0 saturated carbocycles. The number of carbonyl (C=O) groups excluding carboxylic acids is 1. The number of carbonyl (C=O) groups is 1. The fourth-order valence-electron chi connectivity index (χ4n) is 1.59. The van der Waals surface area contributed by atoms with Gasteiger partial charge in [0.2, 0.25) is 0 Å². The molecule has 0 heterocycles. The van der Waals surface area contributed by atoms with Gasteiger partial charge in [0.05, 0.1) is 5.02 Å². The molecule has 0 aliphatic rings. The first-order chi connectivity index (χ1) is 7.41. The van der Waals surface area contributed by atoms with Crippen LogP contribution in [0.4, 0.5) is 4.39 Å². The molecule has 4 heteroatoms. The Kier molecular flexibility index (Phi) is 4.44. The number of hydrogen-bond donors (Lipinski definition) is 0. The molecule has 0 amide bonds. The summed E-state index contributed by atoms with van der Waals surface area (Å²) in [4.78, 5) is 13.1. The molecule has 0 spiro atoms. The Bertz CT molecular complexity index is 393. The third-order valence-corrected chi connectivity index (χ3v) is 2.72. The molecule has 0 N–H and O–H groups in total. The molecule has 0 bridgehead atoms. The number of hydrogen-bond acceptors (Lipinski definition) is 2. The van der Waals surface area contributed by atoms with Gasteiger partial charge in [-0.2, -0.15) is 0 Å². The summed E-state index contributed by atoms with van der Waals surface area (Å²) in [6.45, 7) is 1.54. The van der Waals surface area contributed by atoms with E-state index in [-0.39, 0.29) is 16.8 Å². The van der Waals surface area contributed by atoms with Gasteiger partial charge in [-0.3, -0.25) is 4.79 Å². The van der Waals surface area contributed by atoms with Crippen molar-refractivity contribution < 1.29 is 9.18 Å². The zero-order valence-corrected chi connectivity index (χ0v) is 10.4. The standard InChI is InChI=1S/C12H15ClFNO/c1-8(16)6-12(15(2)3)9-4-5-11(14)10(13)7-9/h4-5,7,12H,6H2,1-3H3. The normalized spacial score (nSPS) is 12.9. The largest absolute Gasteiger partial charge is 0.302 e. The summed E-state index contributed by atoms with van der Waals surface area (Å²) in [7, 11) is 3.76. The predicted octanol–water partition coefficient (Wildman–Crippen LogP) is 3.06. The molecule has 1 atom stereocenters. The predicted molar refractivity (Wildman–Crippen MR) is 63.1 cm³/mol. The van der Waals surface area contributed by atoms with E-state index in [9.17, 15) is 9.18 Å². The Hall–Kier alpha value is -0.930. The van der Waals surface area contributed by atoms with E-state index in [1.54, 1.807) is 19.1 Å². The maximum Gasteiger partial charge on any atom is 0.141 e. The minimum absolute atomic E-state index is 0.0596. The lowest BCUT2D eigenvalue weighted by Gasteiger charge is -2.23. The zero-order valence-electron chi connectivity index (χ0n) is 9.63. The van der Waals surface area contributed by atoms with Crippen LogP contribution >= 0.6 is 11.6 Å². The fraction of sp³-hybridized carbons (Fsp3) is 0.417. The van der Waals surface area contributed by atoms with E-state index in [0.717, 1.165) is 5.56 Å². The number of halogens is 2. The van der Waals surface area contributed by atoms with Gasteiger partial charge in [-0.25, -0.2) is 4.39 Å². The van der Waals surface area contributed by atoms with Crippen molar-refractivity contribution in [2.24, 2.45) is 0 Å². The molecular weight excluding hydrogens is 229 g/mol. The third kappa shape index (κ3) is 3.29. The Labute approximate surface area is 100 Å². The zero-order chi connectivity index (χ0) is 12.3. The Morgan fingerprint density at radius 3 is 2.56 bits per heavy atom. The van der Waals surface area contributed by atoms with Crippen molar-refractivity contribution in [1.82, 2.24) is 4.90 Å². The van der Waals surface area contributed by atoms with Crippen molar-refractivity contribution in [1.29, 1.82) is 0 Å². The summed E-state index contributed by atoms with van der Waals surface area (Å²) >= 11 is 5.72. The quantitative estimate of drug-likeness (QED) is 0.810. The molecule has 1 aromatic carbocycles. The average Bonchev–Trinajstić information content (AvgIpc) is 2.18. The second-order valence-electron chi connectivity index (χ2n) is 4.06. The van der Waals surface area contributed by atoms with Crippen molar-refractivity contribution in [2.75, 3.05) is 14.1 Å². The molecule has 0 radical (unpaired) electrons. The smallest absolute Gasteiger partial charge is 0.141 e. The molecule has 0 aromatic heterocycles. The Morgan fingerprint density at radius 2 is 2.12 bits per heavy atom. The van der Waals surface area contributed by atoms with Crippen molar-refractivity contribution in [3.63, 3.8) is 0 Å². The van der Waals surface area contributed by atoms with Crippen molar-refractivity contribution in [3.05, 3.63) is 34.6 Å². The lowest BCUT2D eigenvalue weighted by molar-refractivity contribution is -0.118. The van der Waals surface area contributed by atoms with Crippen LogP contribution in [0.2, 0.25) is 5.02 Å². The van der Waals surface area contributed by atoms with E-state index in [1.807, 2.05) is 19.0 Å². The second kappa shape index (κ2) is 5.41. The molecule has 88 valence electrons. The van der Waals surface area contributed by atoms with Crippen LogP contribution in [-0.2, 0) is 4.79 Å². The monoisotopic (exact) mass is 243 g/mol. The summed E-state index contributed by atoms with van der Waals surface area (Å²) in [5.74, 6) is -0.343. The topological polar surface area (TPSA) is 20.3 Å². The molecule has 0 fully saturated rings. The van der Waals surface area contributed by atoms with E-state index >= 15 is 0 Å². The molecule has 0 aliphatic carbocycles. The lowest BCUT2D eigenvalue weighted by atomic mass is 10.0. The Morgan fingerprint density at radius 1 is 1.50 bits per heavy atom. The van der Waals surface area contributed by atoms with Crippen LogP contribution in [0, 0.1) is 5.82 Å². The Balaban J connectivity index is 3.01. The van der Waals surface area contributed by atoms with Gasteiger partial charge in [0, 0.05) is 12.5 Å². The van der Waals surface area contributed by atoms with E-state index in [1.165, 1.54) is 6.07 Å². The maximum absolute atomic E-state index is 13.0. The minimum Gasteiger partial charge on any atom is -0.302 e. The molecule has 16 heavy (non-hydrogen) atoms. The van der Waals surface area contributed by atoms with Gasteiger partial charge >= 0.3 is 0 Å². The SMILES string of the molecule is CC(=O)CC(c1ccc(F)c(Cl)c1)N(C)C. The van der Waals surface area contributed by atoms with Crippen molar-refractivity contribution in [2.45, 2.75) is 19.4 Å². The molecule has 0 aliphatic heterocycles. The summed E-state index contributed by atoms with van der Waals surface area (Å²) in [5, 5.41) is 0.0907. The molecule has 0 saturated heterocycles. The molecule has 1 rings (SSSR count). The van der Waals surface area contributed by atoms with E-state index in [4.69, 9.17) is 11.6 Å². The number of ketones is 1. The first kappa shape index (κ1) is 13.1. The van der Waals surface area contributed by atoms with Gasteiger partial charge in [-0.15, -0.1) is 0 Å². The summed E-state index contributed by atoms with van der Waals surface area (Å²) in [6, 6.07) is 4.50. The van der Waals surface area contributed by atoms with Crippen LogP contribution in [0.1, 0.15) is 24.9 Å². The number of rotatable bonds is 4. The summed E-state index contributed by atoms with van der Waals surface area (Å²) < 4.78 is 13.0. The number of Topliss-reactive ketones (excluding diaryl/α,β-unsaturated/α-hetero) is 1. The average molecular weight is 244 g/mol. The molecule has 2 nitrogen and oxygen atoms in total. The van der Waals surface area contributed by atoms with Crippen molar-refractivity contribution >= 4 is 17.4 Å². The second-order valence-corrected chi connectivity index (χ2v) is 4.47. The van der Waals surface area contributed by atoms with Crippen LogP contribution in [0.25, 0.3) is 0 Å². The molecular formula is C12H15ClFNO. The maximum atomic E-state index is 13.0. The molecule has 1 unspecified atom stereocenters. The molecule has 1 aromatic rings. The van der Waals surface area contributed by atoms with Gasteiger partial charge in [0.1, 0.15) is 11.6 Å². The minimum atomic E-state index is -0.439. The van der Waals surface area contributed by atoms with E-state index in [2.05, 4.69) is 0 Å². The highest BCUT2D eigenvalue weighted by Crippen LogP contribution is 2.26. The van der Waals surface area contributed by atoms with Gasteiger partial charge < -0.3 is 4.90 Å². The summed E-state index contributed by atoms with van der Waals surface area (Å²) in [6.07, 6.45) is 0.398. The van der Waals surface area contributed by atoms with Crippen molar-refractivity contribution in [3.8, 4) is 0 Å². The van der Waals surface area contributed by atoms with Crippen LogP contribution in [0.15, 0.2) is 18.2 Å². The highest BCUT2D eigenvalue weighted by Gasteiger charge is 2.17. The lowest BCUT2D eigenvalue weighted by Crippen LogP contribution is -2.22. The first-order valence-corrected chi connectivity index (χ1v) is 5.40. The van der Waals surface area contributed by atoms with Crippen LogP contribution < -0.4 is 0 Å². The van der Waals surface area contributed by atoms with Crippen LogP contribution in [0.5, 0.6) is 0 Å². The van der Waals surface area contributed by atoms with E-state index < -0.39 is 5.82 Å². The number of benzene rings is 1. The van der Waals surface area contributed by atoms with Crippen LogP contribution in [-0.4, -0.2) is 24.8 Å².